The SMILES string of the molecule is CC1CSCCN1c1ccc(F)cc1CBr. The summed E-state index contributed by atoms with van der Waals surface area (Å²) in [7, 11) is 0. The van der Waals surface area contributed by atoms with E-state index in [1.807, 2.05) is 17.8 Å². The van der Waals surface area contributed by atoms with Gasteiger partial charge in [-0.3, -0.25) is 0 Å². The Morgan fingerprint density at radius 2 is 2.38 bits per heavy atom. The highest BCUT2D eigenvalue weighted by atomic mass is 79.9. The standard InChI is InChI=1S/C12H15BrFNS/c1-9-8-16-5-4-15(9)12-3-2-11(14)6-10(12)7-13/h2-3,6,9H,4-5,7-8H2,1H3. The first kappa shape index (κ1) is 12.2. The molecule has 1 aromatic carbocycles. The summed E-state index contributed by atoms with van der Waals surface area (Å²) in [6.45, 7) is 3.28. The number of benzene rings is 1. The molecule has 0 amide bonds. The summed E-state index contributed by atoms with van der Waals surface area (Å²) in [5, 5.41) is 0.705. The van der Waals surface area contributed by atoms with E-state index in [1.165, 1.54) is 5.69 Å². The van der Waals surface area contributed by atoms with Crippen LogP contribution in [-0.2, 0) is 5.33 Å². The Bertz CT molecular complexity index is 372. The Morgan fingerprint density at radius 1 is 1.56 bits per heavy atom. The normalized spacial score (nSPS) is 21.2. The van der Waals surface area contributed by atoms with Gasteiger partial charge >= 0.3 is 0 Å². The van der Waals surface area contributed by atoms with Crippen molar-refractivity contribution in [2.24, 2.45) is 0 Å². The van der Waals surface area contributed by atoms with Crippen molar-refractivity contribution in [3.05, 3.63) is 29.6 Å². The number of hydrogen-bond donors (Lipinski definition) is 0. The summed E-state index contributed by atoms with van der Waals surface area (Å²) in [5.41, 5.74) is 2.21. The summed E-state index contributed by atoms with van der Waals surface area (Å²) in [5.74, 6) is 2.15. The molecule has 1 unspecified atom stereocenters. The van der Waals surface area contributed by atoms with E-state index in [4.69, 9.17) is 0 Å². The zero-order valence-electron chi connectivity index (χ0n) is 9.25. The number of anilines is 1. The molecule has 1 heterocycles. The van der Waals surface area contributed by atoms with E-state index in [1.54, 1.807) is 12.1 Å². The molecule has 16 heavy (non-hydrogen) atoms. The number of nitrogens with zero attached hydrogens (tertiary/aromatic N) is 1. The molecule has 1 atom stereocenters. The van der Waals surface area contributed by atoms with Crippen LogP contribution in [0.5, 0.6) is 0 Å². The Balaban J connectivity index is 2.30. The minimum absolute atomic E-state index is 0.155. The van der Waals surface area contributed by atoms with Crippen molar-refractivity contribution in [1.82, 2.24) is 0 Å². The molecule has 88 valence electrons. The van der Waals surface area contributed by atoms with Gasteiger partial charge in [0.05, 0.1) is 0 Å². The predicted molar refractivity (Wildman–Crippen MR) is 73.2 cm³/mol. The van der Waals surface area contributed by atoms with Crippen LogP contribution >= 0.6 is 27.7 Å². The smallest absolute Gasteiger partial charge is 0.123 e. The molecule has 0 bridgehead atoms. The van der Waals surface area contributed by atoms with Gasteiger partial charge in [-0.1, -0.05) is 15.9 Å². The lowest BCUT2D eigenvalue weighted by atomic mass is 10.1. The van der Waals surface area contributed by atoms with Gasteiger partial charge in [-0.25, -0.2) is 4.39 Å². The Kier molecular flexibility index (Phi) is 4.14. The topological polar surface area (TPSA) is 3.24 Å². The first-order chi connectivity index (χ1) is 7.72. The molecule has 0 N–H and O–H groups in total. The molecule has 1 nitrogen and oxygen atoms in total. The average Bonchev–Trinajstić information content (AvgIpc) is 2.30. The highest BCUT2D eigenvalue weighted by Gasteiger charge is 2.20. The Morgan fingerprint density at radius 3 is 3.06 bits per heavy atom. The van der Waals surface area contributed by atoms with Gasteiger partial charge < -0.3 is 4.90 Å². The summed E-state index contributed by atoms with van der Waals surface area (Å²) < 4.78 is 13.2. The van der Waals surface area contributed by atoms with Crippen molar-refractivity contribution in [2.45, 2.75) is 18.3 Å². The predicted octanol–water partition coefficient (Wildman–Crippen LogP) is 3.66. The van der Waals surface area contributed by atoms with Gasteiger partial charge in [-0.15, -0.1) is 0 Å². The summed E-state index contributed by atoms with van der Waals surface area (Å²) >= 11 is 5.42. The van der Waals surface area contributed by atoms with Gasteiger partial charge in [0.25, 0.3) is 0 Å². The lowest BCUT2D eigenvalue weighted by Gasteiger charge is -2.36. The van der Waals surface area contributed by atoms with Crippen LogP contribution in [0.3, 0.4) is 0 Å². The molecule has 0 aliphatic carbocycles. The lowest BCUT2D eigenvalue weighted by molar-refractivity contribution is 0.624. The average molecular weight is 304 g/mol. The van der Waals surface area contributed by atoms with Crippen LogP contribution in [0.15, 0.2) is 18.2 Å². The molecular weight excluding hydrogens is 289 g/mol. The number of halogens is 2. The Labute approximate surface area is 109 Å². The van der Waals surface area contributed by atoms with Crippen molar-refractivity contribution < 1.29 is 4.39 Å². The number of alkyl halides is 1. The largest absolute Gasteiger partial charge is 0.367 e. The first-order valence-corrected chi connectivity index (χ1v) is 7.68. The molecule has 1 aromatic rings. The van der Waals surface area contributed by atoms with E-state index in [0.29, 0.717) is 11.4 Å². The molecule has 0 radical (unpaired) electrons. The fraction of sp³-hybridized carbons (Fsp3) is 0.500. The zero-order chi connectivity index (χ0) is 11.5. The van der Waals surface area contributed by atoms with E-state index in [0.717, 1.165) is 23.6 Å². The second kappa shape index (κ2) is 5.41. The molecule has 2 rings (SSSR count). The maximum atomic E-state index is 13.2. The van der Waals surface area contributed by atoms with Crippen LogP contribution in [0, 0.1) is 5.82 Å². The van der Waals surface area contributed by atoms with E-state index < -0.39 is 0 Å². The van der Waals surface area contributed by atoms with E-state index >= 15 is 0 Å². The van der Waals surface area contributed by atoms with Gasteiger partial charge in [0.2, 0.25) is 0 Å². The zero-order valence-corrected chi connectivity index (χ0v) is 11.7. The van der Waals surface area contributed by atoms with Gasteiger partial charge in [0.15, 0.2) is 0 Å². The number of hydrogen-bond acceptors (Lipinski definition) is 2. The molecule has 1 aliphatic heterocycles. The Hall–Kier alpha value is -0.220. The molecular formula is C12H15BrFNS. The molecule has 0 aromatic heterocycles. The van der Waals surface area contributed by atoms with Crippen molar-refractivity contribution in [3.63, 3.8) is 0 Å². The summed E-state index contributed by atoms with van der Waals surface area (Å²) in [4.78, 5) is 2.38. The summed E-state index contributed by atoms with van der Waals surface area (Å²) in [6, 6.07) is 5.61. The third-order valence-electron chi connectivity index (χ3n) is 2.86. The third kappa shape index (κ3) is 2.54. The molecule has 1 saturated heterocycles. The fourth-order valence-corrected chi connectivity index (χ4v) is 3.49. The number of rotatable bonds is 2. The molecule has 1 fully saturated rings. The van der Waals surface area contributed by atoms with Gasteiger partial charge in [0, 0.05) is 35.1 Å². The highest BCUT2D eigenvalue weighted by molar-refractivity contribution is 9.08. The first-order valence-electron chi connectivity index (χ1n) is 5.41. The minimum atomic E-state index is -0.155. The maximum absolute atomic E-state index is 13.2. The van der Waals surface area contributed by atoms with Crippen molar-refractivity contribution in [2.75, 3.05) is 23.0 Å². The van der Waals surface area contributed by atoms with Crippen LogP contribution in [0.2, 0.25) is 0 Å². The summed E-state index contributed by atoms with van der Waals surface area (Å²) in [6.07, 6.45) is 0. The van der Waals surface area contributed by atoms with Crippen LogP contribution < -0.4 is 4.90 Å². The van der Waals surface area contributed by atoms with Gasteiger partial charge in [0.1, 0.15) is 5.82 Å². The van der Waals surface area contributed by atoms with Crippen LogP contribution in [-0.4, -0.2) is 24.1 Å². The minimum Gasteiger partial charge on any atom is -0.367 e. The van der Waals surface area contributed by atoms with Crippen LogP contribution in [0.25, 0.3) is 0 Å². The van der Waals surface area contributed by atoms with Crippen LogP contribution in [0.1, 0.15) is 12.5 Å². The highest BCUT2D eigenvalue weighted by Crippen LogP contribution is 2.29. The van der Waals surface area contributed by atoms with E-state index in [9.17, 15) is 4.39 Å². The molecule has 4 heteroatoms. The van der Waals surface area contributed by atoms with Crippen molar-refractivity contribution in [1.29, 1.82) is 0 Å². The monoisotopic (exact) mass is 303 g/mol. The molecule has 0 saturated carbocycles. The van der Waals surface area contributed by atoms with E-state index in [2.05, 4.69) is 27.8 Å². The van der Waals surface area contributed by atoms with Crippen LogP contribution in [0.4, 0.5) is 10.1 Å². The van der Waals surface area contributed by atoms with Gasteiger partial charge in [-0.05, 0) is 30.7 Å². The third-order valence-corrected chi connectivity index (χ3v) is 4.66. The quantitative estimate of drug-likeness (QED) is 0.767. The van der Waals surface area contributed by atoms with Gasteiger partial charge in [-0.2, -0.15) is 11.8 Å². The second-order valence-electron chi connectivity index (χ2n) is 4.02. The van der Waals surface area contributed by atoms with Crippen molar-refractivity contribution >= 4 is 33.4 Å². The van der Waals surface area contributed by atoms with E-state index in [-0.39, 0.29) is 5.82 Å². The fourth-order valence-electron chi connectivity index (χ4n) is 2.03. The number of thioether (sulfide) groups is 1. The second-order valence-corrected chi connectivity index (χ2v) is 5.73. The molecule has 0 spiro atoms. The molecule has 1 aliphatic rings. The lowest BCUT2D eigenvalue weighted by Crippen LogP contribution is -2.40. The van der Waals surface area contributed by atoms with Crippen molar-refractivity contribution in [3.8, 4) is 0 Å². The maximum Gasteiger partial charge on any atom is 0.123 e.